The van der Waals surface area contributed by atoms with E-state index in [1.165, 1.54) is 0 Å². The molecule has 0 amide bonds. The zero-order chi connectivity index (χ0) is 16.7. The van der Waals surface area contributed by atoms with Gasteiger partial charge in [0.2, 0.25) is 0 Å². The highest BCUT2D eigenvalue weighted by Gasteiger charge is 2.41. The van der Waals surface area contributed by atoms with Crippen LogP contribution in [0.25, 0.3) is 0 Å². The van der Waals surface area contributed by atoms with Gasteiger partial charge in [0.05, 0.1) is 13.2 Å². The minimum atomic E-state index is -0.662. The fourth-order valence-electron chi connectivity index (χ4n) is 2.38. The third-order valence-electron chi connectivity index (χ3n) is 3.23. The van der Waals surface area contributed by atoms with E-state index >= 15 is 0 Å². The number of benzene rings is 1. The minimum absolute atomic E-state index is 0.139. The lowest BCUT2D eigenvalue weighted by Gasteiger charge is -2.16. The van der Waals surface area contributed by atoms with Crippen molar-refractivity contribution in [2.45, 2.75) is 38.8 Å². The van der Waals surface area contributed by atoms with Crippen LogP contribution in [0.4, 0.5) is 0 Å². The average molecular weight is 318 g/mol. The molecule has 0 unspecified atom stereocenters. The van der Waals surface area contributed by atoms with E-state index in [4.69, 9.17) is 18.9 Å². The number of hydrogen-bond acceptors (Lipinski definition) is 5. The predicted molar refractivity (Wildman–Crippen MR) is 84.4 cm³/mol. The van der Waals surface area contributed by atoms with Crippen molar-refractivity contribution >= 4 is 5.97 Å². The molecule has 0 N–H and O–H groups in total. The molecule has 1 aromatic rings. The Morgan fingerprint density at radius 3 is 2.70 bits per heavy atom. The van der Waals surface area contributed by atoms with Gasteiger partial charge in [-0.2, -0.15) is 0 Å². The van der Waals surface area contributed by atoms with Gasteiger partial charge in [-0.3, -0.25) is 0 Å². The van der Waals surface area contributed by atoms with Gasteiger partial charge in [-0.05, 0) is 26.3 Å². The maximum Gasteiger partial charge on any atom is 0.384 e. The van der Waals surface area contributed by atoms with Crippen LogP contribution in [0.5, 0.6) is 0 Å². The van der Waals surface area contributed by atoms with Gasteiger partial charge in [0.15, 0.2) is 5.79 Å². The fourth-order valence-corrected chi connectivity index (χ4v) is 2.38. The average Bonchev–Trinajstić information content (AvgIpc) is 2.83. The van der Waals surface area contributed by atoms with Crippen LogP contribution in [0.2, 0.25) is 0 Å². The van der Waals surface area contributed by atoms with Crippen molar-refractivity contribution < 1.29 is 23.7 Å². The van der Waals surface area contributed by atoms with Crippen molar-refractivity contribution in [3.8, 4) is 11.8 Å². The van der Waals surface area contributed by atoms with Crippen molar-refractivity contribution in [1.82, 2.24) is 0 Å². The van der Waals surface area contributed by atoms with Crippen molar-refractivity contribution in [1.29, 1.82) is 0 Å². The third-order valence-corrected chi connectivity index (χ3v) is 3.23. The molecule has 1 aliphatic heterocycles. The van der Waals surface area contributed by atoms with Gasteiger partial charge in [-0.1, -0.05) is 36.3 Å². The first-order valence-corrected chi connectivity index (χ1v) is 7.66. The molecular formula is C18H22O5. The summed E-state index contributed by atoms with van der Waals surface area (Å²) in [5.41, 5.74) is 1.05. The predicted octanol–water partition coefficient (Wildman–Crippen LogP) is 2.46. The zero-order valence-corrected chi connectivity index (χ0v) is 13.7. The molecular weight excluding hydrogens is 296 g/mol. The van der Waals surface area contributed by atoms with Crippen molar-refractivity contribution in [3.63, 3.8) is 0 Å². The fraction of sp³-hybridized carbons (Fsp3) is 0.500. The zero-order valence-electron chi connectivity index (χ0n) is 13.7. The molecule has 0 aromatic heterocycles. The van der Waals surface area contributed by atoms with E-state index in [9.17, 15) is 4.79 Å². The molecule has 0 bridgehead atoms. The van der Waals surface area contributed by atoms with Gasteiger partial charge in [0.25, 0.3) is 0 Å². The molecule has 0 saturated carbocycles. The first kappa shape index (κ1) is 17.5. The second-order valence-electron chi connectivity index (χ2n) is 5.54. The van der Waals surface area contributed by atoms with Crippen LogP contribution < -0.4 is 0 Å². The van der Waals surface area contributed by atoms with E-state index in [0.29, 0.717) is 13.2 Å². The van der Waals surface area contributed by atoms with E-state index in [1.807, 2.05) is 44.2 Å². The van der Waals surface area contributed by atoms with Crippen LogP contribution in [0.1, 0.15) is 32.4 Å². The van der Waals surface area contributed by atoms with E-state index in [-0.39, 0.29) is 18.8 Å². The summed E-state index contributed by atoms with van der Waals surface area (Å²) < 4.78 is 22.1. The molecule has 1 aliphatic rings. The number of ether oxygens (including phenoxy) is 4. The SMILES string of the molecule is CCOC(=O)C#CCOC[C@H]1OC(C)(C)O[C@@H]1c1ccccc1. The van der Waals surface area contributed by atoms with E-state index in [1.54, 1.807) is 6.92 Å². The van der Waals surface area contributed by atoms with Crippen LogP contribution in [0.15, 0.2) is 30.3 Å². The van der Waals surface area contributed by atoms with E-state index in [0.717, 1.165) is 5.56 Å². The lowest BCUT2D eigenvalue weighted by Crippen LogP contribution is -2.24. The van der Waals surface area contributed by atoms with Crippen molar-refractivity contribution in [3.05, 3.63) is 35.9 Å². The van der Waals surface area contributed by atoms with Gasteiger partial charge < -0.3 is 18.9 Å². The molecule has 5 heteroatoms. The second-order valence-corrected chi connectivity index (χ2v) is 5.54. The standard InChI is InChI=1S/C18H22O5/c1-4-21-16(19)11-8-12-20-13-15-17(23-18(2,3)22-15)14-9-6-5-7-10-14/h5-7,9-10,15,17H,4,12-13H2,1-3H3/t15-,17-/m1/s1. The molecule has 0 aliphatic carbocycles. The Bertz CT molecular complexity index is 570. The molecule has 5 nitrogen and oxygen atoms in total. The minimum Gasteiger partial charge on any atom is -0.456 e. The molecule has 2 atom stereocenters. The van der Waals surface area contributed by atoms with Crippen LogP contribution in [-0.4, -0.2) is 37.7 Å². The summed E-state index contributed by atoms with van der Waals surface area (Å²) in [6.07, 6.45) is -0.416. The Balaban J connectivity index is 1.88. The summed E-state index contributed by atoms with van der Waals surface area (Å²) >= 11 is 0. The summed E-state index contributed by atoms with van der Waals surface area (Å²) in [4.78, 5) is 11.1. The summed E-state index contributed by atoms with van der Waals surface area (Å²) in [5.74, 6) is 3.78. The Kier molecular flexibility index (Phi) is 6.17. The molecule has 0 spiro atoms. The summed E-state index contributed by atoms with van der Waals surface area (Å²) in [7, 11) is 0. The number of carbonyl (C=O) groups excluding carboxylic acids is 1. The largest absolute Gasteiger partial charge is 0.456 e. The van der Waals surface area contributed by atoms with Gasteiger partial charge in [0.1, 0.15) is 18.8 Å². The third kappa shape index (κ3) is 5.36. The highest BCUT2D eigenvalue weighted by molar-refractivity contribution is 5.88. The molecule has 1 saturated heterocycles. The molecule has 124 valence electrons. The topological polar surface area (TPSA) is 54.0 Å². The Morgan fingerprint density at radius 2 is 2.00 bits per heavy atom. The van der Waals surface area contributed by atoms with E-state index in [2.05, 4.69) is 11.8 Å². The molecule has 1 aromatic carbocycles. The highest BCUT2D eigenvalue weighted by Crippen LogP contribution is 2.38. The summed E-state index contributed by atoms with van der Waals surface area (Å²) in [6, 6.07) is 9.90. The smallest absolute Gasteiger partial charge is 0.384 e. The first-order chi connectivity index (χ1) is 11.0. The molecule has 1 fully saturated rings. The van der Waals surface area contributed by atoms with Gasteiger partial charge in [0, 0.05) is 5.92 Å². The Morgan fingerprint density at radius 1 is 1.26 bits per heavy atom. The van der Waals surface area contributed by atoms with Gasteiger partial charge in [-0.15, -0.1) is 0 Å². The normalized spacial score (nSPS) is 22.2. The van der Waals surface area contributed by atoms with Crippen molar-refractivity contribution in [2.24, 2.45) is 0 Å². The Hall–Kier alpha value is -1.87. The van der Waals surface area contributed by atoms with E-state index < -0.39 is 11.8 Å². The number of esters is 1. The lowest BCUT2D eigenvalue weighted by atomic mass is 10.1. The monoisotopic (exact) mass is 318 g/mol. The quantitative estimate of drug-likeness (QED) is 0.361. The molecule has 23 heavy (non-hydrogen) atoms. The van der Waals surface area contributed by atoms with Gasteiger partial charge >= 0.3 is 5.97 Å². The second kappa shape index (κ2) is 8.11. The lowest BCUT2D eigenvalue weighted by molar-refractivity contribution is -0.150. The maximum atomic E-state index is 11.1. The molecule has 2 rings (SSSR count). The van der Waals surface area contributed by atoms with Crippen LogP contribution in [0, 0.1) is 11.8 Å². The molecule has 1 heterocycles. The van der Waals surface area contributed by atoms with Crippen LogP contribution in [-0.2, 0) is 23.7 Å². The van der Waals surface area contributed by atoms with Gasteiger partial charge in [-0.25, -0.2) is 4.79 Å². The van der Waals surface area contributed by atoms with Crippen LogP contribution >= 0.6 is 0 Å². The summed E-state index contributed by atoms with van der Waals surface area (Å²) in [6.45, 7) is 6.28. The maximum absolute atomic E-state index is 11.1. The molecule has 0 radical (unpaired) electrons. The number of carbonyl (C=O) groups is 1. The van der Waals surface area contributed by atoms with Crippen LogP contribution in [0.3, 0.4) is 0 Å². The number of rotatable bonds is 5. The first-order valence-electron chi connectivity index (χ1n) is 7.66. The number of hydrogen-bond donors (Lipinski definition) is 0. The summed E-state index contributed by atoms with van der Waals surface area (Å²) in [5, 5.41) is 0. The Labute approximate surface area is 136 Å². The van der Waals surface area contributed by atoms with Crippen molar-refractivity contribution in [2.75, 3.05) is 19.8 Å². The highest BCUT2D eigenvalue weighted by atomic mass is 16.8.